The highest BCUT2D eigenvalue weighted by atomic mass is 16.2. The molecule has 1 saturated carbocycles. The lowest BCUT2D eigenvalue weighted by atomic mass is 9.77. The van der Waals surface area contributed by atoms with Crippen molar-refractivity contribution in [3.8, 4) is 0 Å². The average molecular weight is 343 g/mol. The van der Waals surface area contributed by atoms with Gasteiger partial charge in [0, 0.05) is 6.42 Å². The van der Waals surface area contributed by atoms with Gasteiger partial charge in [0.25, 0.3) is 5.91 Å². The van der Waals surface area contributed by atoms with Gasteiger partial charge >= 0.3 is 6.03 Å². The van der Waals surface area contributed by atoms with Crippen molar-refractivity contribution in [2.45, 2.75) is 57.4 Å². The van der Waals surface area contributed by atoms with Gasteiger partial charge in [-0.15, -0.1) is 0 Å². The lowest BCUT2D eigenvalue weighted by molar-refractivity contribution is -0.140. The molecule has 1 aromatic rings. The monoisotopic (exact) mass is 343 g/mol. The van der Waals surface area contributed by atoms with E-state index in [1.54, 1.807) is 0 Å². The van der Waals surface area contributed by atoms with Crippen molar-refractivity contribution in [2.75, 3.05) is 0 Å². The average Bonchev–Trinajstić information content (AvgIpc) is 2.83. The lowest BCUT2D eigenvalue weighted by Gasteiger charge is -2.33. The maximum atomic E-state index is 12.7. The Morgan fingerprint density at radius 3 is 2.56 bits per heavy atom. The van der Waals surface area contributed by atoms with Gasteiger partial charge in [-0.3, -0.25) is 15.0 Å². The first-order valence-electron chi connectivity index (χ1n) is 8.92. The van der Waals surface area contributed by atoms with Gasteiger partial charge in [-0.25, -0.2) is 4.79 Å². The van der Waals surface area contributed by atoms with Crippen LogP contribution in [0.2, 0.25) is 0 Å². The highest BCUT2D eigenvalue weighted by Crippen LogP contribution is 2.35. The molecule has 25 heavy (non-hydrogen) atoms. The summed E-state index contributed by atoms with van der Waals surface area (Å²) >= 11 is 0. The number of hydrazine groups is 1. The molecule has 0 aromatic heterocycles. The van der Waals surface area contributed by atoms with Crippen LogP contribution in [0, 0.1) is 5.92 Å². The van der Waals surface area contributed by atoms with Gasteiger partial charge in [0.2, 0.25) is 5.91 Å². The smallest absolute Gasteiger partial charge is 0.322 e. The summed E-state index contributed by atoms with van der Waals surface area (Å²) in [6.07, 6.45) is 3.28. The number of nitrogens with zero attached hydrogens (tertiary/aromatic N) is 1. The highest BCUT2D eigenvalue weighted by Gasteiger charge is 2.52. The molecule has 0 unspecified atom stereocenters. The van der Waals surface area contributed by atoms with E-state index in [4.69, 9.17) is 0 Å². The summed E-state index contributed by atoms with van der Waals surface area (Å²) in [6, 6.07) is 9.17. The molecule has 0 radical (unpaired) electrons. The van der Waals surface area contributed by atoms with Gasteiger partial charge in [0.15, 0.2) is 0 Å². The van der Waals surface area contributed by atoms with Crippen molar-refractivity contribution in [3.63, 3.8) is 0 Å². The summed E-state index contributed by atoms with van der Waals surface area (Å²) < 4.78 is 0. The minimum absolute atomic E-state index is 0.00598. The summed E-state index contributed by atoms with van der Waals surface area (Å²) in [5, 5.41) is 3.67. The van der Waals surface area contributed by atoms with E-state index < -0.39 is 11.6 Å². The quantitative estimate of drug-likeness (QED) is 0.825. The molecular weight excluding hydrogens is 318 g/mol. The van der Waals surface area contributed by atoms with Crippen LogP contribution in [0.3, 0.4) is 0 Å². The Morgan fingerprint density at radius 1 is 1.28 bits per heavy atom. The SMILES string of the molecule is CC1CCC2(CC1)NC(=O)N(NC(=O)C[C@H](C)c1ccccc1)C2=O. The van der Waals surface area contributed by atoms with Gasteiger partial charge in [-0.2, -0.15) is 5.01 Å². The molecule has 1 atom stereocenters. The minimum atomic E-state index is -0.831. The van der Waals surface area contributed by atoms with Gasteiger partial charge in [-0.1, -0.05) is 44.2 Å². The number of amides is 4. The van der Waals surface area contributed by atoms with Crippen LogP contribution in [0.25, 0.3) is 0 Å². The van der Waals surface area contributed by atoms with E-state index in [-0.39, 0.29) is 24.2 Å². The summed E-state index contributed by atoms with van der Waals surface area (Å²) in [5.41, 5.74) is 2.71. The van der Waals surface area contributed by atoms with Crippen molar-refractivity contribution in [2.24, 2.45) is 5.92 Å². The molecule has 1 heterocycles. The van der Waals surface area contributed by atoms with Crippen LogP contribution in [0.5, 0.6) is 0 Å². The van der Waals surface area contributed by atoms with Gasteiger partial charge in [-0.05, 0) is 43.1 Å². The van der Waals surface area contributed by atoms with E-state index >= 15 is 0 Å². The standard InChI is InChI=1S/C19H25N3O3/c1-13-8-10-19(11-9-13)17(24)22(18(25)20-19)21-16(23)12-14(2)15-6-4-3-5-7-15/h3-7,13-14H,8-12H2,1-2H3,(H,20,25)(H,21,23)/t13?,14-,19?/m0/s1. The molecule has 2 fully saturated rings. The number of benzene rings is 1. The van der Waals surface area contributed by atoms with Crippen LogP contribution >= 0.6 is 0 Å². The molecule has 1 aliphatic carbocycles. The number of nitrogens with one attached hydrogen (secondary N) is 2. The summed E-state index contributed by atoms with van der Waals surface area (Å²) in [6.45, 7) is 4.10. The zero-order chi connectivity index (χ0) is 18.0. The fraction of sp³-hybridized carbons (Fsp3) is 0.526. The molecule has 1 aliphatic heterocycles. The Bertz CT molecular complexity index is 666. The van der Waals surface area contributed by atoms with Crippen LogP contribution in [0.15, 0.2) is 30.3 Å². The van der Waals surface area contributed by atoms with E-state index in [9.17, 15) is 14.4 Å². The number of urea groups is 1. The molecule has 2 aliphatic rings. The normalized spacial score (nSPS) is 27.3. The van der Waals surface area contributed by atoms with Crippen LogP contribution in [-0.4, -0.2) is 28.4 Å². The second-order valence-electron chi connectivity index (χ2n) is 7.39. The topological polar surface area (TPSA) is 78.5 Å². The first kappa shape index (κ1) is 17.5. The molecule has 6 heteroatoms. The van der Waals surface area contributed by atoms with Crippen molar-refractivity contribution >= 4 is 17.8 Å². The Hall–Kier alpha value is -2.37. The molecule has 3 rings (SSSR count). The fourth-order valence-electron chi connectivity index (χ4n) is 3.66. The predicted molar refractivity (Wildman–Crippen MR) is 93.4 cm³/mol. The number of rotatable bonds is 4. The van der Waals surface area contributed by atoms with Gasteiger partial charge < -0.3 is 5.32 Å². The summed E-state index contributed by atoms with van der Waals surface area (Å²) in [7, 11) is 0. The van der Waals surface area contributed by atoms with Crippen LogP contribution in [-0.2, 0) is 9.59 Å². The molecule has 1 spiro atoms. The third kappa shape index (κ3) is 3.52. The lowest BCUT2D eigenvalue weighted by Crippen LogP contribution is -2.51. The Balaban J connectivity index is 1.61. The third-order valence-electron chi connectivity index (χ3n) is 5.39. The minimum Gasteiger partial charge on any atom is -0.322 e. The van der Waals surface area contributed by atoms with Crippen LogP contribution in [0.4, 0.5) is 4.79 Å². The Morgan fingerprint density at radius 2 is 1.92 bits per heavy atom. The Labute approximate surface area is 147 Å². The largest absolute Gasteiger partial charge is 0.344 e. The van der Waals surface area contributed by atoms with Crippen molar-refractivity contribution < 1.29 is 14.4 Å². The van der Waals surface area contributed by atoms with E-state index in [0.717, 1.165) is 23.4 Å². The molecule has 134 valence electrons. The zero-order valence-electron chi connectivity index (χ0n) is 14.7. The molecular formula is C19H25N3O3. The molecule has 4 amide bonds. The van der Waals surface area contributed by atoms with E-state index in [0.29, 0.717) is 18.8 Å². The number of hydrogen-bond donors (Lipinski definition) is 2. The first-order chi connectivity index (χ1) is 11.9. The second kappa shape index (κ2) is 6.86. The Kier molecular flexibility index (Phi) is 4.79. The van der Waals surface area contributed by atoms with E-state index in [2.05, 4.69) is 17.7 Å². The number of imide groups is 1. The third-order valence-corrected chi connectivity index (χ3v) is 5.39. The maximum absolute atomic E-state index is 12.7. The van der Waals surface area contributed by atoms with Crippen molar-refractivity contribution in [1.29, 1.82) is 0 Å². The van der Waals surface area contributed by atoms with Crippen LogP contribution in [0.1, 0.15) is 57.4 Å². The zero-order valence-corrected chi connectivity index (χ0v) is 14.7. The molecule has 1 aromatic carbocycles. The van der Waals surface area contributed by atoms with Crippen molar-refractivity contribution in [3.05, 3.63) is 35.9 Å². The second-order valence-corrected chi connectivity index (χ2v) is 7.39. The predicted octanol–water partition coefficient (Wildman–Crippen LogP) is 2.71. The molecule has 2 N–H and O–H groups in total. The summed E-state index contributed by atoms with van der Waals surface area (Å²) in [4.78, 5) is 37.2. The first-order valence-corrected chi connectivity index (χ1v) is 8.92. The number of hydrogen-bond acceptors (Lipinski definition) is 3. The molecule has 6 nitrogen and oxygen atoms in total. The van der Waals surface area contributed by atoms with E-state index in [1.807, 2.05) is 37.3 Å². The van der Waals surface area contributed by atoms with Crippen molar-refractivity contribution in [1.82, 2.24) is 15.8 Å². The molecule has 1 saturated heterocycles. The number of carbonyl (C=O) groups excluding carboxylic acids is 3. The fourth-order valence-corrected chi connectivity index (χ4v) is 3.66. The highest BCUT2D eigenvalue weighted by molar-refractivity contribution is 6.08. The number of carbonyl (C=O) groups is 3. The maximum Gasteiger partial charge on any atom is 0.344 e. The van der Waals surface area contributed by atoms with Crippen LogP contribution < -0.4 is 10.7 Å². The van der Waals surface area contributed by atoms with Gasteiger partial charge in [0.05, 0.1) is 0 Å². The summed E-state index contributed by atoms with van der Waals surface area (Å²) in [5.74, 6) is -0.0941. The molecule has 0 bridgehead atoms. The van der Waals surface area contributed by atoms with Gasteiger partial charge in [0.1, 0.15) is 5.54 Å². The van der Waals surface area contributed by atoms with E-state index in [1.165, 1.54) is 0 Å².